The van der Waals surface area contributed by atoms with Gasteiger partial charge in [-0.15, -0.1) is 10.2 Å². The lowest BCUT2D eigenvalue weighted by molar-refractivity contribution is 0.0982. The zero-order valence-electron chi connectivity index (χ0n) is 70.3. The topological polar surface area (TPSA) is 314 Å². The van der Waals surface area contributed by atoms with E-state index in [-0.39, 0.29) is 10.2 Å². The number of piperidine rings is 2. The Kier molecular flexibility index (Phi) is 34.1. The van der Waals surface area contributed by atoms with E-state index in [1.807, 2.05) is 69.8 Å². The third kappa shape index (κ3) is 25.6. The first-order valence-corrected chi connectivity index (χ1v) is 48.0. The Morgan fingerprint density at radius 1 is 0.564 bits per heavy atom. The Morgan fingerprint density at radius 2 is 1.00 bits per heavy atom. The van der Waals surface area contributed by atoms with E-state index < -0.39 is 24.4 Å². The maximum atomic E-state index is 13.6. The van der Waals surface area contributed by atoms with Crippen LogP contribution in [0.2, 0.25) is 5.28 Å². The van der Waals surface area contributed by atoms with Gasteiger partial charge >= 0.3 is 0 Å². The minimum absolute atomic E-state index is 0.0666. The monoisotopic (exact) mass is 1810 g/mol. The average molecular weight is 1820 g/mol. The van der Waals surface area contributed by atoms with Crippen molar-refractivity contribution in [3.8, 4) is 45.5 Å². The molecule has 4 saturated heterocycles. The summed E-state index contributed by atoms with van der Waals surface area (Å²) in [6, 6.07) is 27.4. The molecule has 0 amide bonds. The SMILES string of the molecule is CCCCO.CCc1cc(N)c(OC)cc1N1CCC(N2CCN(C)CC2)CC1.CCc1cc(Nc2ncc(Br)c(Nc3ccc(-c4cn(C)nc4OC)cc3P(C)(C)=O)n2)c(OC)cc1N1CCC(N2CCN(C)CC2)CC1.COc1nn(C)cc1-c1ccc(Nc2nc(Cl)ncc2Br)c(P(C)(C)=O)c1.Cc1ccc(S(=O)(=O)O)cc1. The number of ether oxygens (including phenoxy) is 4. The van der Waals surface area contributed by atoms with Crippen LogP contribution in [0.3, 0.4) is 0 Å². The molecule has 13 rings (SSSR count). The number of nitrogens with two attached hydrogens (primary N) is 1. The number of nitrogen functional groups attached to an aromatic ring is 1. The summed E-state index contributed by atoms with van der Waals surface area (Å²) in [4.78, 5) is 32.7. The highest BCUT2D eigenvalue weighted by Crippen LogP contribution is 2.45. The maximum Gasteiger partial charge on any atom is 0.294 e. The molecule has 636 valence electrons. The second-order valence-electron chi connectivity index (χ2n) is 30.3. The summed E-state index contributed by atoms with van der Waals surface area (Å²) < 4.78 is 83.0. The quantitative estimate of drug-likeness (QED) is 0.0150. The van der Waals surface area contributed by atoms with Crippen LogP contribution in [-0.4, -0.2) is 244 Å². The van der Waals surface area contributed by atoms with Crippen molar-refractivity contribution in [2.75, 3.05) is 186 Å². The van der Waals surface area contributed by atoms with Crippen molar-refractivity contribution < 1.29 is 46.2 Å². The van der Waals surface area contributed by atoms with Crippen LogP contribution in [0.5, 0.6) is 23.3 Å². The van der Waals surface area contributed by atoms with Crippen LogP contribution in [-0.2, 0) is 46.2 Å². The Labute approximate surface area is 712 Å². The number of halogens is 3. The van der Waals surface area contributed by atoms with Gasteiger partial charge in [0.15, 0.2) is 0 Å². The molecule has 4 aromatic heterocycles. The van der Waals surface area contributed by atoms with Crippen LogP contribution >= 0.6 is 57.7 Å². The summed E-state index contributed by atoms with van der Waals surface area (Å²) in [7, 11) is 5.32. The normalized spacial score (nSPS) is 15.5. The lowest BCUT2D eigenvalue weighted by Gasteiger charge is -2.43. The molecule has 28 nitrogen and oxygen atoms in total. The van der Waals surface area contributed by atoms with Crippen molar-refractivity contribution in [3.63, 3.8) is 0 Å². The third-order valence-corrected chi connectivity index (χ3v) is 26.4. The summed E-state index contributed by atoms with van der Waals surface area (Å²) >= 11 is 12.9. The molecule has 4 fully saturated rings. The van der Waals surface area contributed by atoms with Crippen LogP contribution in [0.25, 0.3) is 22.3 Å². The van der Waals surface area contributed by atoms with Crippen LogP contribution < -0.4 is 61.0 Å². The molecule has 34 heteroatoms. The zero-order valence-corrected chi connectivity index (χ0v) is 76.9. The Balaban J connectivity index is 0.000000195. The van der Waals surface area contributed by atoms with Crippen LogP contribution in [0.1, 0.15) is 76.0 Å². The molecular formula is C83H117Br2ClN18O10P2S. The van der Waals surface area contributed by atoms with Gasteiger partial charge in [0, 0.05) is 170 Å². The molecule has 0 saturated carbocycles. The van der Waals surface area contributed by atoms with Crippen LogP contribution in [0, 0.1) is 6.92 Å². The van der Waals surface area contributed by atoms with Crippen molar-refractivity contribution in [1.82, 2.24) is 59.1 Å². The number of anilines is 9. The minimum Gasteiger partial charge on any atom is -0.495 e. The fraction of sp³-hybridized carbons (Fsp3) is 0.470. The van der Waals surface area contributed by atoms with Crippen molar-refractivity contribution in [1.29, 1.82) is 0 Å². The van der Waals surface area contributed by atoms with E-state index in [9.17, 15) is 17.5 Å². The van der Waals surface area contributed by atoms with Crippen molar-refractivity contribution >= 4 is 130 Å². The number of nitrogens with one attached hydrogen (secondary N) is 3. The maximum absolute atomic E-state index is 13.6. The van der Waals surface area contributed by atoms with Gasteiger partial charge in [-0.05, 0) is 207 Å². The van der Waals surface area contributed by atoms with Gasteiger partial charge in [-0.1, -0.05) is 57.0 Å². The van der Waals surface area contributed by atoms with Gasteiger partial charge in [0.2, 0.25) is 23.0 Å². The van der Waals surface area contributed by atoms with E-state index in [1.165, 1.54) is 86.5 Å². The molecule has 5 aromatic carbocycles. The lowest BCUT2D eigenvalue weighted by Crippen LogP contribution is -2.52. The van der Waals surface area contributed by atoms with E-state index in [2.05, 4.69) is 161 Å². The number of aryl methyl sites for hydroxylation is 5. The van der Waals surface area contributed by atoms with Crippen LogP contribution in [0.15, 0.2) is 124 Å². The first kappa shape index (κ1) is 93.0. The lowest BCUT2D eigenvalue weighted by atomic mass is 9.99. The highest BCUT2D eigenvalue weighted by atomic mass is 79.9. The van der Waals surface area contributed by atoms with E-state index in [1.54, 1.807) is 89.0 Å². The summed E-state index contributed by atoms with van der Waals surface area (Å²) in [6.07, 6.45) is 15.8. The molecule has 0 spiro atoms. The fourth-order valence-electron chi connectivity index (χ4n) is 14.5. The summed E-state index contributed by atoms with van der Waals surface area (Å²) in [5.41, 5.74) is 18.5. The van der Waals surface area contributed by atoms with E-state index in [0.29, 0.717) is 72.9 Å². The number of unbranched alkanes of at least 4 members (excludes halogenated alkanes) is 1. The van der Waals surface area contributed by atoms with Gasteiger partial charge in [0.05, 0.1) is 76.2 Å². The number of piperazine rings is 2. The molecular weight excluding hydrogens is 1700 g/mol. The number of aliphatic hydroxyl groups is 1. The molecule has 7 N–H and O–H groups in total. The van der Waals surface area contributed by atoms with Crippen molar-refractivity contribution in [2.24, 2.45) is 14.1 Å². The number of methoxy groups -OCH3 is 4. The van der Waals surface area contributed by atoms with E-state index in [0.717, 1.165) is 135 Å². The third-order valence-electron chi connectivity index (χ3n) is 21.1. The number of rotatable bonds is 23. The molecule has 0 bridgehead atoms. The van der Waals surface area contributed by atoms with Gasteiger partial charge in [-0.3, -0.25) is 23.7 Å². The Morgan fingerprint density at radius 3 is 1.40 bits per heavy atom. The van der Waals surface area contributed by atoms with Crippen LogP contribution in [0.4, 0.5) is 51.7 Å². The molecule has 4 aliphatic rings. The second-order valence-corrected chi connectivity index (χ2v) is 40.1. The number of aliphatic hydroxyl groups excluding tert-OH is 1. The highest BCUT2D eigenvalue weighted by molar-refractivity contribution is 9.11. The number of benzene rings is 5. The van der Waals surface area contributed by atoms with Crippen molar-refractivity contribution in [3.05, 3.63) is 141 Å². The first-order chi connectivity index (χ1) is 55.7. The second kappa shape index (κ2) is 42.9. The smallest absolute Gasteiger partial charge is 0.294 e. The van der Waals surface area contributed by atoms with Gasteiger partial charge in [0.1, 0.15) is 37.4 Å². The number of nitrogens with zero attached hydrogens (tertiary/aromatic N) is 14. The summed E-state index contributed by atoms with van der Waals surface area (Å²) in [5.74, 6) is 4.00. The average Bonchev–Trinajstić information content (AvgIpc) is 1.71. The fourth-order valence-corrected chi connectivity index (χ4v) is 18.0. The van der Waals surface area contributed by atoms with Gasteiger partial charge < -0.3 is 74.5 Å². The molecule has 0 aliphatic carbocycles. The van der Waals surface area contributed by atoms with Gasteiger partial charge in [-0.2, -0.15) is 18.4 Å². The number of hydrogen-bond donors (Lipinski definition) is 6. The van der Waals surface area contributed by atoms with Gasteiger partial charge in [-0.25, -0.2) is 9.97 Å². The Hall–Kier alpha value is -7.90. The molecule has 4 aliphatic heterocycles. The molecule has 8 heterocycles. The first-order valence-electron chi connectivity index (χ1n) is 39.4. The standard InChI is InChI=1S/C36H49BrN9O3P.C19H32N4O.C17H18BrClN5O2P.C7H8O3S.C4H10O/c1-8-24-19-30(32(48-4)21-31(24)46-13-11-26(12-14-46)45-17-15-43(2)16-18-45)40-36-38-22-28(37)34(41-36)39-29-10-9-25(20-33(29)50(6,7)47)27-23-44(3)42-35(27)49-5;1-4-15-13-17(20)19(24-3)14-18(15)23-7-5-16(6-8-23)22-11-9-21(2)10-12-22;1-24-9-11(16(23-24)26-2)10-5-6-13(14(7-10)27(3,4)25)21-15-12(18)8-20-17(19)22-15;1-6-2-4-7(5-3-6)11(8,9)10;1-2-3-4-5/h9-10,19-23,26H,8,11-18H2,1-7H3,(H2,38,39,40,41);13-14,16H,4-12,20H2,1-3H3;5-9H,1-4H3,(H,20,21,22);2-5H,1H3,(H,8,9,10);5H,2-4H2,1H3. The Bertz CT molecular complexity index is 4990. The number of likely N-dealkylation sites (N-methyl/N-ethyl adjacent to an activating group) is 2. The van der Waals surface area contributed by atoms with Crippen molar-refractivity contribution in [2.45, 2.75) is 96.0 Å². The molecule has 0 unspecified atom stereocenters. The predicted octanol–water partition coefficient (Wildman–Crippen LogP) is 14.5. The number of hydrogen-bond acceptors (Lipinski definition) is 25. The van der Waals surface area contributed by atoms with E-state index in [4.69, 9.17) is 50.9 Å². The van der Waals surface area contributed by atoms with E-state index >= 15 is 0 Å². The molecule has 0 atom stereocenters. The minimum atomic E-state index is -4.02. The van der Waals surface area contributed by atoms with Gasteiger partial charge in [0.25, 0.3) is 10.1 Å². The summed E-state index contributed by atoms with van der Waals surface area (Å²) in [6.45, 7) is 29.4. The summed E-state index contributed by atoms with van der Waals surface area (Å²) in [5, 5.41) is 28.2. The molecule has 9 aromatic rings. The predicted molar refractivity (Wildman–Crippen MR) is 484 cm³/mol. The largest absolute Gasteiger partial charge is 0.495 e. The highest BCUT2D eigenvalue weighted by Gasteiger charge is 2.31. The molecule has 0 radical (unpaired) electrons. The zero-order chi connectivity index (χ0) is 85.1. The number of aromatic nitrogens is 8. The molecule has 117 heavy (non-hydrogen) atoms.